The van der Waals surface area contributed by atoms with Crippen LogP contribution in [-0.4, -0.2) is 32.0 Å². The Morgan fingerprint density at radius 1 is 1.24 bits per heavy atom. The predicted octanol–water partition coefficient (Wildman–Crippen LogP) is 2.60. The fraction of sp³-hybridized carbons (Fsp3) is 0.133. The van der Waals surface area contributed by atoms with Crippen LogP contribution in [0.3, 0.4) is 0 Å². The molecule has 0 aliphatic carbocycles. The van der Waals surface area contributed by atoms with Crippen molar-refractivity contribution in [3.63, 3.8) is 0 Å². The topological polar surface area (TPSA) is 110 Å². The lowest BCUT2D eigenvalue weighted by molar-refractivity contribution is -0.384. The number of non-ortho nitro benzene ring substituents is 1. The van der Waals surface area contributed by atoms with E-state index in [1.807, 2.05) is 0 Å². The summed E-state index contributed by atoms with van der Waals surface area (Å²) in [6.45, 7) is -0.494. The predicted molar refractivity (Wildman–Crippen MR) is 103 cm³/mol. The van der Waals surface area contributed by atoms with E-state index >= 15 is 0 Å². The van der Waals surface area contributed by atoms with Crippen molar-refractivity contribution in [2.45, 2.75) is 0 Å². The fourth-order valence-corrected chi connectivity index (χ4v) is 3.23. The van der Waals surface area contributed by atoms with Gasteiger partial charge in [0.15, 0.2) is 0 Å². The third kappa shape index (κ3) is 5.39. The van der Waals surface area contributed by atoms with Gasteiger partial charge in [0.1, 0.15) is 6.54 Å². The van der Waals surface area contributed by atoms with Gasteiger partial charge in [-0.2, -0.15) is 0 Å². The zero-order valence-corrected chi connectivity index (χ0v) is 16.0. The number of anilines is 2. The molecule has 0 aliphatic heterocycles. The Morgan fingerprint density at radius 3 is 2.44 bits per heavy atom. The molecule has 0 unspecified atom stereocenters. The fourth-order valence-electron chi connectivity index (χ4n) is 2.03. The normalized spacial score (nSPS) is 11.0. The quantitative estimate of drug-likeness (QED) is 0.393. The standard InChI is InChI=1S/C15H14IN3O5S/c1-25(23,24)18(13-3-2-4-14(9-13)19(21)22)10-15(20)17-12-7-5-11(16)6-8-12/h2-9H,10H2,1H3,(H,17,20). The molecule has 8 nitrogen and oxygen atoms in total. The molecule has 0 fully saturated rings. The number of nitrogens with one attached hydrogen (secondary N) is 1. The Balaban J connectivity index is 2.24. The number of nitro groups is 1. The number of nitrogens with zero attached hydrogens (tertiary/aromatic N) is 2. The first-order valence-corrected chi connectivity index (χ1v) is 9.87. The SMILES string of the molecule is CS(=O)(=O)N(CC(=O)Nc1ccc(I)cc1)c1cccc([N+](=O)[O-])c1. The summed E-state index contributed by atoms with van der Waals surface area (Å²) in [6, 6.07) is 12.1. The zero-order valence-electron chi connectivity index (χ0n) is 13.0. The molecule has 0 spiro atoms. The van der Waals surface area contributed by atoms with Crippen LogP contribution in [0.4, 0.5) is 17.1 Å². The van der Waals surface area contributed by atoms with Crippen LogP contribution in [0.15, 0.2) is 48.5 Å². The van der Waals surface area contributed by atoms with Gasteiger partial charge in [-0.1, -0.05) is 6.07 Å². The van der Waals surface area contributed by atoms with Crippen LogP contribution in [0.5, 0.6) is 0 Å². The van der Waals surface area contributed by atoms with E-state index in [9.17, 15) is 23.3 Å². The lowest BCUT2D eigenvalue weighted by atomic mass is 10.3. The van der Waals surface area contributed by atoms with Crippen LogP contribution in [-0.2, 0) is 14.8 Å². The summed E-state index contributed by atoms with van der Waals surface area (Å²) < 4.78 is 25.9. The Kier molecular flexibility index (Phi) is 5.95. The first-order valence-electron chi connectivity index (χ1n) is 6.94. The molecule has 0 aromatic heterocycles. The third-order valence-electron chi connectivity index (χ3n) is 3.14. The van der Waals surface area contributed by atoms with Crippen molar-refractivity contribution in [2.24, 2.45) is 0 Å². The Hall–Kier alpha value is -2.21. The average Bonchev–Trinajstić information content (AvgIpc) is 2.54. The van der Waals surface area contributed by atoms with Crippen LogP contribution in [0.2, 0.25) is 0 Å². The van der Waals surface area contributed by atoms with Crippen molar-refractivity contribution in [3.8, 4) is 0 Å². The third-order valence-corrected chi connectivity index (χ3v) is 5.00. The highest BCUT2D eigenvalue weighted by Gasteiger charge is 2.22. The van der Waals surface area contributed by atoms with Gasteiger partial charge in [-0.15, -0.1) is 0 Å². The number of hydrogen-bond donors (Lipinski definition) is 1. The highest BCUT2D eigenvalue weighted by molar-refractivity contribution is 14.1. The van der Waals surface area contributed by atoms with Crippen molar-refractivity contribution in [3.05, 3.63) is 62.2 Å². The second-order valence-corrected chi connectivity index (χ2v) is 8.25. The van der Waals surface area contributed by atoms with Crippen LogP contribution in [0, 0.1) is 13.7 Å². The summed E-state index contributed by atoms with van der Waals surface area (Å²) in [5, 5.41) is 13.5. The van der Waals surface area contributed by atoms with Gasteiger partial charge >= 0.3 is 0 Å². The van der Waals surface area contributed by atoms with Gasteiger partial charge < -0.3 is 5.32 Å². The van der Waals surface area contributed by atoms with Crippen LogP contribution in [0.25, 0.3) is 0 Å². The molecule has 132 valence electrons. The van der Waals surface area contributed by atoms with Gasteiger partial charge in [0, 0.05) is 21.4 Å². The maximum Gasteiger partial charge on any atom is 0.271 e. The molecular formula is C15H14IN3O5S. The molecule has 1 amide bonds. The Morgan fingerprint density at radius 2 is 1.88 bits per heavy atom. The van der Waals surface area contributed by atoms with Gasteiger partial charge in [-0.3, -0.25) is 19.2 Å². The summed E-state index contributed by atoms with van der Waals surface area (Å²) >= 11 is 2.12. The van der Waals surface area contributed by atoms with Gasteiger partial charge in [-0.25, -0.2) is 8.42 Å². The molecule has 0 radical (unpaired) electrons. The molecule has 1 N–H and O–H groups in total. The van der Waals surface area contributed by atoms with Crippen molar-refractivity contribution >= 4 is 55.6 Å². The number of sulfonamides is 1. The molecular weight excluding hydrogens is 461 g/mol. The molecule has 0 atom stereocenters. The summed E-state index contributed by atoms with van der Waals surface area (Å²) in [7, 11) is -3.81. The smallest absolute Gasteiger partial charge is 0.271 e. The largest absolute Gasteiger partial charge is 0.325 e. The minimum absolute atomic E-state index is 0.0504. The minimum Gasteiger partial charge on any atom is -0.325 e. The van der Waals surface area contributed by atoms with E-state index in [4.69, 9.17) is 0 Å². The number of benzene rings is 2. The second kappa shape index (κ2) is 7.78. The molecule has 2 rings (SSSR count). The number of hydrogen-bond acceptors (Lipinski definition) is 5. The van der Waals surface area contributed by atoms with Crippen molar-refractivity contribution in [1.82, 2.24) is 0 Å². The zero-order chi connectivity index (χ0) is 18.6. The monoisotopic (exact) mass is 475 g/mol. The lowest BCUT2D eigenvalue weighted by Crippen LogP contribution is -2.37. The maximum absolute atomic E-state index is 12.2. The number of carbonyl (C=O) groups excluding carboxylic acids is 1. The minimum atomic E-state index is -3.81. The lowest BCUT2D eigenvalue weighted by Gasteiger charge is -2.21. The molecule has 0 heterocycles. The van der Waals surface area contributed by atoms with E-state index in [1.54, 1.807) is 24.3 Å². The molecule has 0 aliphatic rings. The van der Waals surface area contributed by atoms with Crippen molar-refractivity contribution in [2.75, 3.05) is 22.4 Å². The molecule has 0 bridgehead atoms. The van der Waals surface area contributed by atoms with E-state index < -0.39 is 27.4 Å². The van der Waals surface area contributed by atoms with E-state index in [-0.39, 0.29) is 11.4 Å². The summed E-state index contributed by atoms with van der Waals surface area (Å²) in [6.07, 6.45) is 0.935. The first kappa shape index (κ1) is 19.1. The number of amides is 1. The molecule has 10 heteroatoms. The summed E-state index contributed by atoms with van der Waals surface area (Å²) in [5.74, 6) is -0.557. The number of carbonyl (C=O) groups is 1. The number of rotatable bonds is 6. The molecule has 2 aromatic carbocycles. The van der Waals surface area contributed by atoms with Gasteiger partial charge in [0.2, 0.25) is 15.9 Å². The average molecular weight is 475 g/mol. The molecule has 0 saturated heterocycles. The van der Waals surface area contributed by atoms with Crippen molar-refractivity contribution in [1.29, 1.82) is 0 Å². The maximum atomic E-state index is 12.2. The van der Waals surface area contributed by atoms with Crippen LogP contribution in [0.1, 0.15) is 0 Å². The summed E-state index contributed by atoms with van der Waals surface area (Å²) in [5.41, 5.74) is 0.316. The van der Waals surface area contributed by atoms with E-state index in [2.05, 4.69) is 27.9 Å². The second-order valence-electron chi connectivity index (χ2n) is 5.10. The highest BCUT2D eigenvalue weighted by Crippen LogP contribution is 2.23. The molecule has 2 aromatic rings. The summed E-state index contributed by atoms with van der Waals surface area (Å²) in [4.78, 5) is 22.4. The van der Waals surface area contributed by atoms with Gasteiger partial charge in [0.25, 0.3) is 5.69 Å². The van der Waals surface area contributed by atoms with E-state index in [0.717, 1.165) is 20.2 Å². The number of halogens is 1. The van der Waals surface area contributed by atoms with E-state index in [1.165, 1.54) is 18.2 Å². The molecule has 0 saturated carbocycles. The van der Waals surface area contributed by atoms with Gasteiger partial charge in [-0.05, 0) is 52.9 Å². The van der Waals surface area contributed by atoms with Crippen LogP contribution < -0.4 is 9.62 Å². The van der Waals surface area contributed by atoms with E-state index in [0.29, 0.717) is 5.69 Å². The highest BCUT2D eigenvalue weighted by atomic mass is 127. The Bertz CT molecular complexity index is 900. The van der Waals surface area contributed by atoms with Crippen LogP contribution >= 0.6 is 22.6 Å². The Labute approximate surface area is 158 Å². The molecule has 25 heavy (non-hydrogen) atoms. The van der Waals surface area contributed by atoms with Crippen molar-refractivity contribution < 1.29 is 18.1 Å². The number of nitro benzene ring substituents is 1. The van der Waals surface area contributed by atoms with Gasteiger partial charge in [0.05, 0.1) is 16.9 Å². The first-order chi connectivity index (χ1) is 11.7.